The van der Waals surface area contributed by atoms with Crippen molar-refractivity contribution >= 4 is 11.4 Å². The van der Waals surface area contributed by atoms with E-state index in [0.717, 1.165) is 24.2 Å². The largest absolute Gasteiger partial charge is 0.314 e. The minimum Gasteiger partial charge on any atom is -0.314 e. The topological polar surface area (TPSA) is 27.0 Å². The molecule has 0 bridgehead atoms. The number of hydrogen-bond acceptors (Lipinski definition) is 2. The zero-order valence-electron chi connectivity index (χ0n) is 19.9. The predicted molar refractivity (Wildman–Crippen MR) is 137 cm³/mol. The van der Waals surface area contributed by atoms with Crippen LogP contribution < -0.4 is 4.90 Å². The third-order valence-electron chi connectivity index (χ3n) is 6.17. The van der Waals surface area contributed by atoms with Crippen LogP contribution in [-0.4, -0.2) is 0 Å². The van der Waals surface area contributed by atoms with Crippen LogP contribution in [0.5, 0.6) is 0 Å². The summed E-state index contributed by atoms with van der Waals surface area (Å²) < 4.78 is 0. The summed E-state index contributed by atoms with van der Waals surface area (Å²) in [5, 5.41) is 9.25. The molecule has 0 unspecified atom stereocenters. The lowest BCUT2D eigenvalue weighted by atomic mass is 9.88. The van der Waals surface area contributed by atoms with Gasteiger partial charge in [0.25, 0.3) is 0 Å². The van der Waals surface area contributed by atoms with Gasteiger partial charge in [0.15, 0.2) is 0 Å². The lowest BCUT2D eigenvalue weighted by Gasteiger charge is -2.32. The fourth-order valence-corrected chi connectivity index (χ4v) is 4.04. The van der Waals surface area contributed by atoms with E-state index in [1.807, 2.05) is 30.3 Å². The molecule has 1 aliphatic rings. The molecule has 0 aliphatic heterocycles. The summed E-state index contributed by atoms with van der Waals surface area (Å²) in [5.74, 6) is 0. The molecule has 0 saturated carbocycles. The van der Waals surface area contributed by atoms with Crippen LogP contribution in [0.25, 0.3) is 0 Å². The van der Waals surface area contributed by atoms with Gasteiger partial charge in [-0.2, -0.15) is 5.26 Å². The van der Waals surface area contributed by atoms with E-state index in [1.54, 1.807) is 0 Å². The first-order chi connectivity index (χ1) is 15.4. The lowest BCUT2D eigenvalue weighted by Crippen LogP contribution is -2.19. The average molecular weight is 421 g/mol. The number of allylic oxidation sites excluding steroid dienone is 9. The second kappa shape index (κ2) is 10.2. The molecule has 3 rings (SSSR count). The van der Waals surface area contributed by atoms with E-state index in [2.05, 4.69) is 88.6 Å². The molecule has 0 fully saturated rings. The van der Waals surface area contributed by atoms with Crippen LogP contribution in [0.1, 0.15) is 50.3 Å². The van der Waals surface area contributed by atoms with Crippen molar-refractivity contribution in [2.24, 2.45) is 0 Å². The van der Waals surface area contributed by atoms with Gasteiger partial charge in [-0.15, -0.1) is 0 Å². The quantitative estimate of drug-likeness (QED) is 0.439. The summed E-state index contributed by atoms with van der Waals surface area (Å²) in [5.41, 5.74) is 11.7. The van der Waals surface area contributed by atoms with Crippen LogP contribution in [0.15, 0.2) is 101 Å². The summed E-state index contributed by atoms with van der Waals surface area (Å²) in [6, 6.07) is 16.7. The van der Waals surface area contributed by atoms with Crippen molar-refractivity contribution in [3.05, 3.63) is 118 Å². The van der Waals surface area contributed by atoms with Crippen LogP contribution in [-0.2, 0) is 0 Å². The van der Waals surface area contributed by atoms with Gasteiger partial charge in [0.1, 0.15) is 0 Å². The standard InChI is InChI=1S/C30H32N2/c1-7-9-29(21(3)8-2)30-19-28(15-11-23(30)5)32(26-16-12-25(20-31)13-17-26)27-14-10-22(4)24(6)18-27/h7-10,12-14,16-19H,2,11,15H2,1,3-6H3/b9-7-,29-21+. The normalized spacial score (nSPS) is 14.7. The molecule has 162 valence electrons. The third-order valence-corrected chi connectivity index (χ3v) is 6.17. The molecule has 0 radical (unpaired) electrons. The molecule has 0 N–H and O–H groups in total. The maximum absolute atomic E-state index is 9.25. The number of nitriles is 1. The number of anilines is 2. The molecule has 2 aromatic carbocycles. The van der Waals surface area contributed by atoms with E-state index in [-0.39, 0.29) is 0 Å². The number of aryl methyl sites for hydroxylation is 2. The molecule has 2 aromatic rings. The molecular formula is C30H32N2. The van der Waals surface area contributed by atoms with Crippen molar-refractivity contribution in [1.29, 1.82) is 5.26 Å². The molecule has 32 heavy (non-hydrogen) atoms. The molecule has 0 spiro atoms. The zero-order valence-corrected chi connectivity index (χ0v) is 19.9. The maximum atomic E-state index is 9.25. The van der Waals surface area contributed by atoms with E-state index < -0.39 is 0 Å². The number of nitrogens with zero attached hydrogens (tertiary/aromatic N) is 2. The second-order valence-corrected chi connectivity index (χ2v) is 8.39. The minimum atomic E-state index is 0.669. The maximum Gasteiger partial charge on any atom is 0.0991 e. The van der Waals surface area contributed by atoms with Crippen molar-refractivity contribution in [2.75, 3.05) is 4.90 Å². The molecule has 0 atom stereocenters. The van der Waals surface area contributed by atoms with E-state index in [4.69, 9.17) is 0 Å². The van der Waals surface area contributed by atoms with E-state index in [0.29, 0.717) is 5.56 Å². The minimum absolute atomic E-state index is 0.669. The Morgan fingerprint density at radius 2 is 1.69 bits per heavy atom. The number of rotatable bonds is 6. The monoisotopic (exact) mass is 420 g/mol. The van der Waals surface area contributed by atoms with Gasteiger partial charge in [0, 0.05) is 17.1 Å². The fraction of sp³-hybridized carbons (Fsp3) is 0.233. The van der Waals surface area contributed by atoms with Gasteiger partial charge in [0.05, 0.1) is 11.6 Å². The van der Waals surface area contributed by atoms with E-state index >= 15 is 0 Å². The summed E-state index contributed by atoms with van der Waals surface area (Å²) in [6.07, 6.45) is 10.5. The van der Waals surface area contributed by atoms with Crippen LogP contribution in [0.4, 0.5) is 11.4 Å². The van der Waals surface area contributed by atoms with Crippen molar-refractivity contribution in [3.63, 3.8) is 0 Å². The summed E-state index contributed by atoms with van der Waals surface area (Å²) in [6.45, 7) is 14.7. The molecule has 1 aliphatic carbocycles. The Labute approximate surface area is 193 Å². The average Bonchev–Trinajstić information content (AvgIpc) is 2.81. The molecule has 0 saturated heterocycles. The number of benzene rings is 2. The van der Waals surface area contributed by atoms with Crippen molar-refractivity contribution < 1.29 is 0 Å². The Bertz CT molecular complexity index is 1180. The smallest absolute Gasteiger partial charge is 0.0991 e. The van der Waals surface area contributed by atoms with Crippen molar-refractivity contribution in [3.8, 4) is 6.07 Å². The van der Waals surface area contributed by atoms with E-state index in [1.165, 1.54) is 39.1 Å². The summed E-state index contributed by atoms with van der Waals surface area (Å²) in [7, 11) is 0. The Morgan fingerprint density at radius 1 is 1.00 bits per heavy atom. The van der Waals surface area contributed by atoms with Gasteiger partial charge in [0.2, 0.25) is 0 Å². The van der Waals surface area contributed by atoms with Crippen LogP contribution >= 0.6 is 0 Å². The molecule has 0 aromatic heterocycles. The Kier molecular flexibility index (Phi) is 7.33. The molecule has 2 nitrogen and oxygen atoms in total. The van der Waals surface area contributed by atoms with Crippen LogP contribution in [0.2, 0.25) is 0 Å². The molecule has 0 heterocycles. The Morgan fingerprint density at radius 3 is 2.28 bits per heavy atom. The van der Waals surface area contributed by atoms with Gasteiger partial charge >= 0.3 is 0 Å². The van der Waals surface area contributed by atoms with Crippen molar-refractivity contribution in [1.82, 2.24) is 0 Å². The lowest BCUT2D eigenvalue weighted by molar-refractivity contribution is 0.861. The highest BCUT2D eigenvalue weighted by molar-refractivity contribution is 5.71. The highest BCUT2D eigenvalue weighted by Crippen LogP contribution is 2.38. The molecule has 2 heteroatoms. The zero-order chi connectivity index (χ0) is 23.3. The first kappa shape index (κ1) is 23.1. The van der Waals surface area contributed by atoms with Gasteiger partial charge in [-0.25, -0.2) is 0 Å². The fourth-order valence-electron chi connectivity index (χ4n) is 4.04. The van der Waals surface area contributed by atoms with E-state index in [9.17, 15) is 5.26 Å². The third kappa shape index (κ3) is 4.84. The van der Waals surface area contributed by atoms with Gasteiger partial charge < -0.3 is 4.90 Å². The van der Waals surface area contributed by atoms with Gasteiger partial charge in [-0.05, 0) is 118 Å². The second-order valence-electron chi connectivity index (χ2n) is 8.39. The highest BCUT2D eigenvalue weighted by atomic mass is 15.1. The summed E-state index contributed by atoms with van der Waals surface area (Å²) in [4.78, 5) is 2.33. The molecule has 0 amide bonds. The Hall–Kier alpha value is -3.57. The highest BCUT2D eigenvalue weighted by Gasteiger charge is 2.21. The van der Waals surface area contributed by atoms with Gasteiger partial charge in [-0.3, -0.25) is 0 Å². The van der Waals surface area contributed by atoms with Gasteiger partial charge in [-0.1, -0.05) is 36.4 Å². The SMILES string of the molecule is C=C/C(C)=C(\C=C/C)C1=C(C)CCC(N(c2ccc(C#N)cc2)c2ccc(C)c(C)c2)=C1. The molecular weight excluding hydrogens is 388 g/mol. The predicted octanol–water partition coefficient (Wildman–Crippen LogP) is 8.39. The Balaban J connectivity index is 2.20. The van der Waals surface area contributed by atoms with Crippen molar-refractivity contribution in [2.45, 2.75) is 47.5 Å². The summed E-state index contributed by atoms with van der Waals surface area (Å²) >= 11 is 0. The van der Waals surface area contributed by atoms with Crippen LogP contribution in [0, 0.1) is 25.2 Å². The first-order valence-electron chi connectivity index (χ1n) is 11.1. The van der Waals surface area contributed by atoms with Crippen LogP contribution in [0.3, 0.4) is 0 Å². The number of hydrogen-bond donors (Lipinski definition) is 0. The first-order valence-corrected chi connectivity index (χ1v) is 11.1.